The molecule has 0 saturated heterocycles. The fraction of sp³-hybridized carbons (Fsp3) is 0.619. The summed E-state index contributed by atoms with van der Waals surface area (Å²) in [4.78, 5) is 16.1. The number of halogens is 2. The summed E-state index contributed by atoms with van der Waals surface area (Å²) in [6.45, 7) is 9.88. The van der Waals surface area contributed by atoms with Crippen molar-refractivity contribution >= 4 is 35.8 Å². The summed E-state index contributed by atoms with van der Waals surface area (Å²) in [5.74, 6) is 1.16. The second-order valence-corrected chi connectivity index (χ2v) is 7.52. The summed E-state index contributed by atoms with van der Waals surface area (Å²) in [5, 5.41) is 9.28. The SMILES string of the molecule is CCNC(=NCCNC(=O)C(C)C)NC(C)c1ccc(OCC2CC2)c(F)c1.I. The number of nitrogens with one attached hydrogen (secondary N) is 3. The Labute approximate surface area is 190 Å². The van der Waals surface area contributed by atoms with Crippen LogP contribution in [0.15, 0.2) is 23.2 Å². The van der Waals surface area contributed by atoms with Gasteiger partial charge in [-0.05, 0) is 50.3 Å². The van der Waals surface area contributed by atoms with Crippen molar-refractivity contribution in [1.29, 1.82) is 0 Å². The van der Waals surface area contributed by atoms with Gasteiger partial charge in [0.15, 0.2) is 17.5 Å². The fourth-order valence-electron chi connectivity index (χ4n) is 2.55. The summed E-state index contributed by atoms with van der Waals surface area (Å²) < 4.78 is 19.9. The minimum atomic E-state index is -0.342. The van der Waals surface area contributed by atoms with Gasteiger partial charge in [-0.25, -0.2) is 4.39 Å². The second-order valence-electron chi connectivity index (χ2n) is 7.52. The van der Waals surface area contributed by atoms with E-state index < -0.39 is 0 Å². The number of aliphatic imine (C=N–C) groups is 1. The van der Waals surface area contributed by atoms with E-state index in [4.69, 9.17) is 4.74 Å². The molecule has 1 unspecified atom stereocenters. The van der Waals surface area contributed by atoms with Crippen LogP contribution in [0.1, 0.15) is 52.1 Å². The molecule has 1 atom stereocenters. The molecule has 1 aliphatic carbocycles. The van der Waals surface area contributed by atoms with E-state index in [0.29, 0.717) is 43.9 Å². The summed E-state index contributed by atoms with van der Waals surface area (Å²) in [7, 11) is 0. The highest BCUT2D eigenvalue weighted by Gasteiger charge is 2.22. The minimum Gasteiger partial charge on any atom is -0.490 e. The molecule has 8 heteroatoms. The lowest BCUT2D eigenvalue weighted by molar-refractivity contribution is -0.123. The highest BCUT2D eigenvalue weighted by molar-refractivity contribution is 14.0. The zero-order valence-electron chi connectivity index (χ0n) is 17.8. The normalized spacial score (nSPS) is 14.8. The molecule has 0 bridgehead atoms. The number of carbonyl (C=O) groups excluding carboxylic acids is 1. The van der Waals surface area contributed by atoms with Gasteiger partial charge < -0.3 is 20.7 Å². The van der Waals surface area contributed by atoms with Crippen LogP contribution in [0.3, 0.4) is 0 Å². The van der Waals surface area contributed by atoms with Crippen molar-refractivity contribution in [2.24, 2.45) is 16.8 Å². The largest absolute Gasteiger partial charge is 0.490 e. The van der Waals surface area contributed by atoms with E-state index in [-0.39, 0.29) is 47.7 Å². The zero-order valence-corrected chi connectivity index (χ0v) is 20.1. The summed E-state index contributed by atoms with van der Waals surface area (Å²) in [5.41, 5.74) is 0.815. The number of carbonyl (C=O) groups is 1. The third-order valence-electron chi connectivity index (χ3n) is 4.53. The van der Waals surface area contributed by atoms with Crippen LogP contribution in [-0.4, -0.2) is 38.1 Å². The molecule has 1 aromatic carbocycles. The zero-order chi connectivity index (χ0) is 20.5. The lowest BCUT2D eigenvalue weighted by atomic mass is 10.1. The molecule has 0 spiro atoms. The van der Waals surface area contributed by atoms with Gasteiger partial charge in [-0.2, -0.15) is 0 Å². The summed E-state index contributed by atoms with van der Waals surface area (Å²) in [6.07, 6.45) is 2.35. The predicted molar refractivity (Wildman–Crippen MR) is 125 cm³/mol. The van der Waals surface area contributed by atoms with Crippen LogP contribution < -0.4 is 20.7 Å². The topological polar surface area (TPSA) is 74.8 Å². The van der Waals surface area contributed by atoms with Crippen LogP contribution in [0.25, 0.3) is 0 Å². The molecule has 0 aliphatic heterocycles. The molecule has 1 saturated carbocycles. The van der Waals surface area contributed by atoms with E-state index in [1.165, 1.54) is 18.9 Å². The van der Waals surface area contributed by atoms with Gasteiger partial charge in [-0.3, -0.25) is 9.79 Å². The maximum Gasteiger partial charge on any atom is 0.222 e. The average molecular weight is 520 g/mol. The number of rotatable bonds is 10. The molecule has 1 aliphatic rings. The molecule has 0 aromatic heterocycles. The Balaban J connectivity index is 0.00000420. The van der Waals surface area contributed by atoms with Crippen LogP contribution >= 0.6 is 24.0 Å². The second kappa shape index (κ2) is 12.9. The van der Waals surface area contributed by atoms with Crippen molar-refractivity contribution in [3.8, 4) is 5.75 Å². The number of benzene rings is 1. The van der Waals surface area contributed by atoms with Gasteiger partial charge in [-0.1, -0.05) is 19.9 Å². The molecule has 164 valence electrons. The Morgan fingerprint density at radius 2 is 2.00 bits per heavy atom. The average Bonchev–Trinajstić information content (AvgIpc) is 3.48. The van der Waals surface area contributed by atoms with E-state index in [9.17, 15) is 9.18 Å². The Bertz CT molecular complexity index is 681. The molecular weight excluding hydrogens is 486 g/mol. The monoisotopic (exact) mass is 520 g/mol. The molecule has 1 fully saturated rings. The molecule has 0 radical (unpaired) electrons. The number of guanidine groups is 1. The van der Waals surface area contributed by atoms with Gasteiger partial charge in [0.25, 0.3) is 0 Å². The van der Waals surface area contributed by atoms with Gasteiger partial charge in [0, 0.05) is 19.0 Å². The molecular formula is C21H34FIN4O2. The van der Waals surface area contributed by atoms with Crippen molar-refractivity contribution in [3.05, 3.63) is 29.6 Å². The molecule has 2 rings (SSSR count). The van der Waals surface area contributed by atoms with Gasteiger partial charge in [0.1, 0.15) is 0 Å². The highest BCUT2D eigenvalue weighted by Crippen LogP contribution is 2.30. The van der Waals surface area contributed by atoms with E-state index in [2.05, 4.69) is 20.9 Å². The maximum absolute atomic E-state index is 14.3. The Morgan fingerprint density at radius 3 is 2.59 bits per heavy atom. The van der Waals surface area contributed by atoms with E-state index in [1.54, 1.807) is 6.07 Å². The first-order chi connectivity index (χ1) is 13.4. The van der Waals surface area contributed by atoms with Crippen LogP contribution in [0.4, 0.5) is 4.39 Å². The third kappa shape index (κ3) is 9.18. The van der Waals surface area contributed by atoms with Crippen molar-refractivity contribution < 1.29 is 13.9 Å². The smallest absolute Gasteiger partial charge is 0.222 e. The van der Waals surface area contributed by atoms with E-state index in [1.807, 2.05) is 33.8 Å². The van der Waals surface area contributed by atoms with Crippen LogP contribution in [0.2, 0.25) is 0 Å². The molecule has 6 nitrogen and oxygen atoms in total. The first kappa shape index (κ1) is 25.5. The van der Waals surface area contributed by atoms with Crippen molar-refractivity contribution in [3.63, 3.8) is 0 Å². The van der Waals surface area contributed by atoms with Crippen LogP contribution in [0, 0.1) is 17.7 Å². The first-order valence-electron chi connectivity index (χ1n) is 10.2. The molecule has 0 heterocycles. The number of hydrogen-bond donors (Lipinski definition) is 3. The van der Waals surface area contributed by atoms with Gasteiger partial charge >= 0.3 is 0 Å². The lowest BCUT2D eigenvalue weighted by Gasteiger charge is -2.19. The molecule has 1 aromatic rings. The van der Waals surface area contributed by atoms with Crippen LogP contribution in [-0.2, 0) is 4.79 Å². The standard InChI is InChI=1S/C21H33FN4O2.HI/c1-5-23-21(25-11-10-24-20(27)14(2)3)26-15(4)17-8-9-19(18(22)12-17)28-13-16-6-7-16;/h8-9,12,14-16H,5-7,10-11,13H2,1-4H3,(H,24,27)(H2,23,25,26);1H. The van der Waals surface area contributed by atoms with E-state index in [0.717, 1.165) is 5.56 Å². The highest BCUT2D eigenvalue weighted by atomic mass is 127. The van der Waals surface area contributed by atoms with Crippen molar-refractivity contribution in [2.45, 2.75) is 46.6 Å². The molecule has 1 amide bonds. The molecule has 3 N–H and O–H groups in total. The maximum atomic E-state index is 14.3. The molecule has 29 heavy (non-hydrogen) atoms. The summed E-state index contributed by atoms with van der Waals surface area (Å²) >= 11 is 0. The fourth-order valence-corrected chi connectivity index (χ4v) is 2.55. The third-order valence-corrected chi connectivity index (χ3v) is 4.53. The minimum absolute atomic E-state index is 0. The quantitative estimate of drug-likeness (QED) is 0.191. The van der Waals surface area contributed by atoms with Gasteiger partial charge in [0.2, 0.25) is 5.91 Å². The first-order valence-corrected chi connectivity index (χ1v) is 10.2. The Kier molecular flexibility index (Phi) is 11.3. The Hall–Kier alpha value is -1.58. The van der Waals surface area contributed by atoms with Gasteiger partial charge in [0.05, 0.1) is 19.2 Å². The Morgan fingerprint density at radius 1 is 1.28 bits per heavy atom. The van der Waals surface area contributed by atoms with Crippen LogP contribution in [0.5, 0.6) is 5.75 Å². The van der Waals surface area contributed by atoms with Crippen molar-refractivity contribution in [1.82, 2.24) is 16.0 Å². The van der Waals surface area contributed by atoms with Crippen molar-refractivity contribution in [2.75, 3.05) is 26.2 Å². The number of hydrogen-bond acceptors (Lipinski definition) is 3. The number of amides is 1. The predicted octanol–water partition coefficient (Wildman–Crippen LogP) is 3.62. The van der Waals surface area contributed by atoms with E-state index >= 15 is 0 Å². The van der Waals surface area contributed by atoms with Gasteiger partial charge in [-0.15, -0.1) is 24.0 Å². The summed E-state index contributed by atoms with van der Waals surface area (Å²) in [6, 6.07) is 4.94. The number of nitrogens with zero attached hydrogens (tertiary/aromatic N) is 1. The lowest BCUT2D eigenvalue weighted by Crippen LogP contribution is -2.39. The number of ether oxygens (including phenoxy) is 1.